The van der Waals surface area contributed by atoms with Gasteiger partial charge in [-0.05, 0) is 41.0 Å². The van der Waals surface area contributed by atoms with Gasteiger partial charge in [0.15, 0.2) is 0 Å². The first kappa shape index (κ1) is 14.3. The molecule has 3 heteroatoms. The average molecular weight is 291 g/mol. The molecule has 2 aromatic carbocycles. The number of fused-ring (bicyclic) bond motifs is 1. The van der Waals surface area contributed by atoms with Gasteiger partial charge in [0, 0.05) is 5.39 Å². The predicted octanol–water partition coefficient (Wildman–Crippen LogP) is 3.80. The molecule has 0 aliphatic carbocycles. The van der Waals surface area contributed by atoms with Crippen LogP contribution in [-0.4, -0.2) is 17.2 Å². The monoisotopic (exact) mass is 291 g/mol. The van der Waals surface area contributed by atoms with E-state index in [4.69, 9.17) is 4.74 Å². The van der Waals surface area contributed by atoms with Crippen LogP contribution in [0.25, 0.3) is 16.5 Å². The molecule has 3 aromatic rings. The lowest BCUT2D eigenvalue weighted by molar-refractivity contribution is 0.277. The Morgan fingerprint density at radius 2 is 1.86 bits per heavy atom. The normalized spacial score (nSPS) is 10.6. The molecule has 110 valence electrons. The molecule has 3 nitrogen and oxygen atoms in total. The lowest BCUT2D eigenvalue weighted by Gasteiger charge is -2.12. The van der Waals surface area contributed by atoms with Gasteiger partial charge < -0.3 is 9.84 Å². The lowest BCUT2D eigenvalue weighted by Crippen LogP contribution is -1.96. The second-order valence-corrected chi connectivity index (χ2v) is 5.04. The molecule has 1 heterocycles. The summed E-state index contributed by atoms with van der Waals surface area (Å²) in [4.78, 5) is 4.45. The number of aliphatic hydroxyl groups is 1. The van der Waals surface area contributed by atoms with Crippen molar-refractivity contribution in [2.45, 2.75) is 6.61 Å². The maximum Gasteiger partial charge on any atom is 0.118 e. The van der Waals surface area contributed by atoms with Crippen LogP contribution in [0.4, 0.5) is 0 Å². The third kappa shape index (κ3) is 2.59. The zero-order chi connectivity index (χ0) is 15.5. The number of aromatic nitrogens is 1. The molecule has 0 atom stereocenters. The van der Waals surface area contributed by atoms with Crippen molar-refractivity contribution in [1.29, 1.82) is 0 Å². The Morgan fingerprint density at radius 1 is 1.14 bits per heavy atom. The van der Waals surface area contributed by atoms with E-state index < -0.39 is 0 Å². The number of hydrogen-bond acceptors (Lipinski definition) is 3. The molecule has 0 amide bonds. The van der Waals surface area contributed by atoms with E-state index in [1.165, 1.54) is 0 Å². The maximum atomic E-state index is 9.43. The van der Waals surface area contributed by atoms with Crippen LogP contribution in [0.15, 0.2) is 61.2 Å². The fraction of sp³-hybridized carbons (Fsp3) is 0.105. The number of pyridine rings is 1. The number of rotatable bonds is 4. The van der Waals surface area contributed by atoms with Gasteiger partial charge in [-0.3, -0.25) is 4.98 Å². The molecule has 22 heavy (non-hydrogen) atoms. The smallest absolute Gasteiger partial charge is 0.118 e. The Kier molecular flexibility index (Phi) is 3.90. The minimum Gasteiger partial charge on any atom is -0.497 e. The lowest BCUT2D eigenvalue weighted by atomic mass is 9.95. The van der Waals surface area contributed by atoms with Gasteiger partial charge in [-0.25, -0.2) is 0 Å². The predicted molar refractivity (Wildman–Crippen MR) is 88.8 cm³/mol. The molecular weight excluding hydrogens is 274 g/mol. The van der Waals surface area contributed by atoms with Crippen molar-refractivity contribution in [1.82, 2.24) is 4.98 Å². The van der Waals surface area contributed by atoms with Crippen molar-refractivity contribution in [2.24, 2.45) is 0 Å². The van der Waals surface area contributed by atoms with Gasteiger partial charge >= 0.3 is 0 Å². The van der Waals surface area contributed by atoms with Crippen molar-refractivity contribution < 1.29 is 9.84 Å². The number of para-hydroxylation sites is 1. The highest BCUT2D eigenvalue weighted by Gasteiger charge is 2.10. The molecular formula is C19H17NO2. The zero-order valence-electron chi connectivity index (χ0n) is 12.4. The standard InChI is InChI=1S/C19H17NO2/c1-13(14-7-9-16(22-2)10-8-14)18-11-15(12-21)20-19-6-4-3-5-17(18)19/h3-11,21H,1,12H2,2H3. The number of aliphatic hydroxyl groups excluding tert-OH is 1. The summed E-state index contributed by atoms with van der Waals surface area (Å²) < 4.78 is 5.19. The second kappa shape index (κ2) is 6.00. The van der Waals surface area contributed by atoms with Crippen LogP contribution in [0.1, 0.15) is 16.8 Å². The Bertz CT molecular complexity index is 822. The first-order valence-corrected chi connectivity index (χ1v) is 7.06. The van der Waals surface area contributed by atoms with Crippen molar-refractivity contribution in [2.75, 3.05) is 7.11 Å². The average Bonchev–Trinajstić information content (AvgIpc) is 2.60. The summed E-state index contributed by atoms with van der Waals surface area (Å²) >= 11 is 0. The summed E-state index contributed by atoms with van der Waals surface area (Å²) in [6, 6.07) is 17.6. The fourth-order valence-corrected chi connectivity index (χ4v) is 2.51. The Hall–Kier alpha value is -2.65. The molecule has 0 spiro atoms. The Morgan fingerprint density at radius 3 is 2.55 bits per heavy atom. The number of methoxy groups -OCH3 is 1. The largest absolute Gasteiger partial charge is 0.497 e. The van der Waals surface area contributed by atoms with E-state index in [0.717, 1.165) is 33.4 Å². The van der Waals surface area contributed by atoms with Crippen LogP contribution in [0.2, 0.25) is 0 Å². The second-order valence-electron chi connectivity index (χ2n) is 5.04. The first-order valence-electron chi connectivity index (χ1n) is 7.06. The maximum absolute atomic E-state index is 9.43. The molecule has 0 unspecified atom stereocenters. The van der Waals surface area contributed by atoms with Crippen LogP contribution < -0.4 is 4.74 Å². The highest BCUT2D eigenvalue weighted by molar-refractivity contribution is 5.95. The molecule has 1 N–H and O–H groups in total. The van der Waals surface area contributed by atoms with E-state index in [0.29, 0.717) is 5.69 Å². The fourth-order valence-electron chi connectivity index (χ4n) is 2.51. The van der Waals surface area contributed by atoms with E-state index in [1.807, 2.05) is 54.6 Å². The molecule has 0 aliphatic rings. The van der Waals surface area contributed by atoms with Crippen LogP contribution in [0.5, 0.6) is 5.75 Å². The van der Waals surface area contributed by atoms with Gasteiger partial charge in [-0.2, -0.15) is 0 Å². The van der Waals surface area contributed by atoms with Gasteiger partial charge in [-0.1, -0.05) is 36.9 Å². The molecule has 0 aliphatic heterocycles. The number of ether oxygens (including phenoxy) is 1. The first-order chi connectivity index (χ1) is 10.7. The zero-order valence-corrected chi connectivity index (χ0v) is 12.4. The van der Waals surface area contributed by atoms with Gasteiger partial charge in [0.2, 0.25) is 0 Å². The number of hydrogen-bond donors (Lipinski definition) is 1. The van der Waals surface area contributed by atoms with Gasteiger partial charge in [0.05, 0.1) is 24.9 Å². The van der Waals surface area contributed by atoms with E-state index in [-0.39, 0.29) is 6.61 Å². The van der Waals surface area contributed by atoms with Crippen molar-refractivity contribution in [3.05, 3.63) is 78.0 Å². The molecule has 0 saturated carbocycles. The minimum atomic E-state index is -0.0896. The summed E-state index contributed by atoms with van der Waals surface area (Å²) in [7, 11) is 1.65. The molecule has 0 saturated heterocycles. The third-order valence-corrected chi connectivity index (χ3v) is 3.69. The van der Waals surface area contributed by atoms with Crippen LogP contribution in [-0.2, 0) is 6.61 Å². The summed E-state index contributed by atoms with van der Waals surface area (Å²) in [5.74, 6) is 0.812. The van der Waals surface area contributed by atoms with Gasteiger partial charge in [0.25, 0.3) is 0 Å². The summed E-state index contributed by atoms with van der Waals surface area (Å²) in [6.45, 7) is 4.14. The Labute approximate surface area is 129 Å². The van der Waals surface area contributed by atoms with E-state index >= 15 is 0 Å². The van der Waals surface area contributed by atoms with E-state index in [9.17, 15) is 5.11 Å². The minimum absolute atomic E-state index is 0.0896. The van der Waals surface area contributed by atoms with Gasteiger partial charge in [-0.15, -0.1) is 0 Å². The van der Waals surface area contributed by atoms with Crippen LogP contribution in [0.3, 0.4) is 0 Å². The van der Waals surface area contributed by atoms with Gasteiger partial charge in [0.1, 0.15) is 5.75 Å². The topological polar surface area (TPSA) is 42.4 Å². The summed E-state index contributed by atoms with van der Waals surface area (Å²) in [5, 5.41) is 10.5. The van der Waals surface area contributed by atoms with E-state index in [1.54, 1.807) is 7.11 Å². The molecule has 0 bridgehead atoms. The van der Waals surface area contributed by atoms with E-state index in [2.05, 4.69) is 11.6 Å². The highest BCUT2D eigenvalue weighted by atomic mass is 16.5. The van der Waals surface area contributed by atoms with Crippen LogP contribution >= 0.6 is 0 Å². The highest BCUT2D eigenvalue weighted by Crippen LogP contribution is 2.29. The molecule has 3 rings (SSSR count). The van der Waals surface area contributed by atoms with Crippen molar-refractivity contribution >= 4 is 16.5 Å². The van der Waals surface area contributed by atoms with Crippen molar-refractivity contribution in [3.8, 4) is 5.75 Å². The third-order valence-electron chi connectivity index (χ3n) is 3.69. The van der Waals surface area contributed by atoms with Crippen LogP contribution in [0, 0.1) is 0 Å². The summed E-state index contributed by atoms with van der Waals surface area (Å²) in [5.41, 5.74) is 4.40. The molecule has 0 radical (unpaired) electrons. The molecule has 0 fully saturated rings. The Balaban J connectivity index is 2.13. The SMILES string of the molecule is C=C(c1ccc(OC)cc1)c1cc(CO)nc2ccccc12. The van der Waals surface area contributed by atoms with Crippen molar-refractivity contribution in [3.63, 3.8) is 0 Å². The molecule has 1 aromatic heterocycles. The number of benzene rings is 2. The number of nitrogens with zero attached hydrogens (tertiary/aromatic N) is 1. The summed E-state index contributed by atoms with van der Waals surface area (Å²) in [6.07, 6.45) is 0. The quantitative estimate of drug-likeness (QED) is 0.795.